The summed E-state index contributed by atoms with van der Waals surface area (Å²) >= 11 is 0. The number of carbonyl (C=O) groups is 1. The molecule has 0 saturated carbocycles. The molecule has 1 aliphatic heterocycles. The zero-order valence-corrected chi connectivity index (χ0v) is 13.9. The molecule has 2 heterocycles. The van der Waals surface area contributed by atoms with Gasteiger partial charge in [-0.3, -0.25) is 14.9 Å². The largest absolute Gasteiger partial charge is 0.333 e. The predicted octanol–water partition coefficient (Wildman–Crippen LogP) is 1.64. The highest BCUT2D eigenvalue weighted by atomic mass is 35.5. The van der Waals surface area contributed by atoms with Crippen LogP contribution < -0.4 is 5.32 Å². The summed E-state index contributed by atoms with van der Waals surface area (Å²) in [6, 6.07) is 6.17. The molecule has 1 N–H and O–H groups in total. The first-order valence-electron chi connectivity index (χ1n) is 7.37. The summed E-state index contributed by atoms with van der Waals surface area (Å²) in [5.74, 6) is -0.0489. The number of nitrogens with zero attached hydrogens (tertiary/aromatic N) is 4. The minimum Gasteiger partial charge on any atom is -0.333 e. The molecule has 1 amide bonds. The number of amides is 1. The van der Waals surface area contributed by atoms with E-state index in [1.807, 2.05) is 11.8 Å². The first-order chi connectivity index (χ1) is 11.1. The van der Waals surface area contributed by atoms with Crippen LogP contribution in [-0.4, -0.2) is 51.2 Å². The molecule has 128 valence electrons. The number of aromatic nitrogens is 2. The Morgan fingerprint density at radius 2 is 2.08 bits per heavy atom. The van der Waals surface area contributed by atoms with E-state index in [4.69, 9.17) is 0 Å². The van der Waals surface area contributed by atoms with E-state index in [2.05, 4.69) is 10.4 Å². The van der Waals surface area contributed by atoms with E-state index in [0.717, 1.165) is 13.1 Å². The van der Waals surface area contributed by atoms with Crippen molar-refractivity contribution in [2.24, 2.45) is 0 Å². The second-order valence-corrected chi connectivity index (χ2v) is 5.50. The molecule has 0 spiro atoms. The number of nitro groups is 1. The highest BCUT2D eigenvalue weighted by molar-refractivity contribution is 5.94. The van der Waals surface area contributed by atoms with Crippen LogP contribution in [0, 0.1) is 10.1 Å². The molecule has 2 aromatic rings. The molecule has 0 unspecified atom stereocenters. The van der Waals surface area contributed by atoms with Crippen LogP contribution >= 0.6 is 12.4 Å². The van der Waals surface area contributed by atoms with Crippen LogP contribution in [0.2, 0.25) is 0 Å². The zero-order chi connectivity index (χ0) is 16.4. The Kier molecular flexibility index (Phi) is 5.53. The molecule has 1 aromatic heterocycles. The monoisotopic (exact) mass is 351 g/mol. The Morgan fingerprint density at radius 3 is 2.71 bits per heavy atom. The van der Waals surface area contributed by atoms with E-state index in [1.54, 1.807) is 23.0 Å². The molecule has 0 aliphatic carbocycles. The average molecular weight is 352 g/mol. The lowest BCUT2D eigenvalue weighted by Crippen LogP contribution is -2.52. The van der Waals surface area contributed by atoms with Crippen molar-refractivity contribution in [1.82, 2.24) is 20.0 Å². The Morgan fingerprint density at radius 1 is 1.38 bits per heavy atom. The highest BCUT2D eigenvalue weighted by Gasteiger charge is 2.25. The van der Waals surface area contributed by atoms with E-state index >= 15 is 0 Å². The summed E-state index contributed by atoms with van der Waals surface area (Å²) in [5, 5.41) is 18.1. The molecule has 1 aromatic carbocycles. The minimum atomic E-state index is -0.451. The van der Waals surface area contributed by atoms with Gasteiger partial charge in [0.05, 0.1) is 22.4 Å². The van der Waals surface area contributed by atoms with Crippen molar-refractivity contribution < 1.29 is 9.72 Å². The van der Waals surface area contributed by atoms with E-state index in [0.29, 0.717) is 17.8 Å². The number of nitro benzene ring substituents is 1. The summed E-state index contributed by atoms with van der Waals surface area (Å²) in [7, 11) is 0. The van der Waals surface area contributed by atoms with Crippen LogP contribution in [0.4, 0.5) is 5.69 Å². The fourth-order valence-corrected chi connectivity index (χ4v) is 2.61. The van der Waals surface area contributed by atoms with E-state index in [-0.39, 0.29) is 30.0 Å². The number of rotatable bonds is 3. The molecule has 1 aliphatic rings. The lowest BCUT2D eigenvalue weighted by atomic mass is 10.2. The van der Waals surface area contributed by atoms with E-state index in [9.17, 15) is 14.9 Å². The number of halogens is 1. The third-order valence-corrected chi connectivity index (χ3v) is 3.92. The summed E-state index contributed by atoms with van der Waals surface area (Å²) in [6.45, 7) is 4.24. The topological polar surface area (TPSA) is 93.3 Å². The molecule has 9 heteroatoms. The fourth-order valence-electron chi connectivity index (χ4n) is 2.61. The van der Waals surface area contributed by atoms with Crippen molar-refractivity contribution in [3.8, 4) is 5.69 Å². The number of hydrogen-bond donors (Lipinski definition) is 1. The van der Waals surface area contributed by atoms with Gasteiger partial charge in [-0.1, -0.05) is 0 Å². The number of benzene rings is 1. The van der Waals surface area contributed by atoms with Gasteiger partial charge in [0.2, 0.25) is 0 Å². The Balaban J connectivity index is 0.00000208. The number of carbonyl (C=O) groups excluding carboxylic acids is 1. The quantitative estimate of drug-likeness (QED) is 0.670. The molecule has 1 saturated heterocycles. The van der Waals surface area contributed by atoms with Gasteiger partial charge in [-0.25, -0.2) is 4.68 Å². The van der Waals surface area contributed by atoms with Gasteiger partial charge in [0.15, 0.2) is 0 Å². The van der Waals surface area contributed by atoms with Crippen LogP contribution in [0.25, 0.3) is 5.69 Å². The fraction of sp³-hybridized carbons (Fsp3) is 0.333. The van der Waals surface area contributed by atoms with Crippen LogP contribution in [0.1, 0.15) is 17.3 Å². The first-order valence-corrected chi connectivity index (χ1v) is 7.37. The molecular formula is C15H18ClN5O3. The summed E-state index contributed by atoms with van der Waals surface area (Å²) in [6.07, 6.45) is 3.18. The van der Waals surface area contributed by atoms with Gasteiger partial charge in [-0.05, 0) is 19.1 Å². The molecule has 0 bridgehead atoms. The molecule has 1 fully saturated rings. The number of piperazine rings is 1. The maximum absolute atomic E-state index is 12.6. The maximum atomic E-state index is 12.6. The van der Waals surface area contributed by atoms with Gasteiger partial charge in [-0.15, -0.1) is 12.4 Å². The lowest BCUT2D eigenvalue weighted by Gasteiger charge is -2.33. The van der Waals surface area contributed by atoms with Gasteiger partial charge < -0.3 is 10.2 Å². The van der Waals surface area contributed by atoms with Gasteiger partial charge >= 0.3 is 0 Å². The second-order valence-electron chi connectivity index (χ2n) is 5.50. The smallest absolute Gasteiger partial charge is 0.269 e. The van der Waals surface area contributed by atoms with Crippen molar-refractivity contribution in [2.45, 2.75) is 13.0 Å². The first kappa shape index (κ1) is 17.9. The van der Waals surface area contributed by atoms with Gasteiger partial charge in [-0.2, -0.15) is 5.10 Å². The van der Waals surface area contributed by atoms with Gasteiger partial charge in [0, 0.05) is 44.0 Å². The molecule has 8 nitrogen and oxygen atoms in total. The van der Waals surface area contributed by atoms with E-state index < -0.39 is 4.92 Å². The van der Waals surface area contributed by atoms with Gasteiger partial charge in [0.1, 0.15) is 0 Å². The third-order valence-electron chi connectivity index (χ3n) is 3.92. The van der Waals surface area contributed by atoms with Crippen molar-refractivity contribution in [1.29, 1.82) is 0 Å². The Labute approximate surface area is 145 Å². The summed E-state index contributed by atoms with van der Waals surface area (Å²) in [4.78, 5) is 24.6. The summed E-state index contributed by atoms with van der Waals surface area (Å²) < 4.78 is 1.55. The van der Waals surface area contributed by atoms with Crippen molar-refractivity contribution >= 4 is 24.0 Å². The van der Waals surface area contributed by atoms with Crippen LogP contribution in [0.15, 0.2) is 36.7 Å². The summed E-state index contributed by atoms with van der Waals surface area (Å²) in [5.41, 5.74) is 1.20. The number of hydrogen-bond acceptors (Lipinski definition) is 5. The highest BCUT2D eigenvalue weighted by Crippen LogP contribution is 2.16. The van der Waals surface area contributed by atoms with Crippen LogP contribution in [-0.2, 0) is 0 Å². The molecule has 1 atom stereocenters. The predicted molar refractivity (Wildman–Crippen MR) is 90.8 cm³/mol. The molecule has 0 radical (unpaired) electrons. The zero-order valence-electron chi connectivity index (χ0n) is 13.1. The van der Waals surface area contributed by atoms with Crippen LogP contribution in [0.3, 0.4) is 0 Å². The molecule has 24 heavy (non-hydrogen) atoms. The molecular weight excluding hydrogens is 334 g/mol. The van der Waals surface area contributed by atoms with Crippen LogP contribution in [0.5, 0.6) is 0 Å². The van der Waals surface area contributed by atoms with Crippen molar-refractivity contribution in [2.75, 3.05) is 19.6 Å². The number of nitrogens with one attached hydrogen (secondary N) is 1. The lowest BCUT2D eigenvalue weighted by molar-refractivity contribution is -0.384. The average Bonchev–Trinajstić information content (AvgIpc) is 3.05. The minimum absolute atomic E-state index is 0. The van der Waals surface area contributed by atoms with E-state index in [1.165, 1.54) is 18.3 Å². The standard InChI is InChI=1S/C15H17N5O3.ClH/c1-11-8-16-6-7-18(11)15(21)12-9-17-19(10-12)13-2-4-14(5-3-13)20(22)23;/h2-5,9-11,16H,6-8H2,1H3;1H/t11-;/m0./s1. The third kappa shape index (κ3) is 3.55. The Hall–Kier alpha value is -2.45. The Bertz CT molecular complexity index is 731. The molecule has 3 rings (SSSR count). The SMILES string of the molecule is C[C@H]1CNCCN1C(=O)c1cnn(-c2ccc([N+](=O)[O-])cc2)c1.Cl. The maximum Gasteiger partial charge on any atom is 0.269 e. The van der Waals surface area contributed by atoms with Crippen molar-refractivity contribution in [3.05, 3.63) is 52.3 Å². The number of non-ortho nitro benzene ring substituents is 1. The van der Waals surface area contributed by atoms with Gasteiger partial charge in [0.25, 0.3) is 11.6 Å². The second kappa shape index (κ2) is 7.41. The normalized spacial score (nSPS) is 17.2. The van der Waals surface area contributed by atoms with Crippen molar-refractivity contribution in [3.63, 3.8) is 0 Å².